The molecule has 0 spiro atoms. The maximum atomic E-state index is 8.64. The zero-order chi connectivity index (χ0) is 24.5. The van der Waals surface area contributed by atoms with E-state index in [4.69, 9.17) is 13.7 Å². The van der Waals surface area contributed by atoms with Gasteiger partial charge in [-0.3, -0.25) is 0 Å². The normalized spacial score (nSPS) is 19.1. The number of fused-ring (bicyclic) bond motifs is 6. The van der Waals surface area contributed by atoms with Crippen LogP contribution in [0.4, 0.5) is 0 Å². The minimum Gasteiger partial charge on any atom is -0.308 e. The topological polar surface area (TPSA) is 4.41 Å². The number of rotatable bonds is 0. The van der Waals surface area contributed by atoms with E-state index in [1.807, 2.05) is 20.8 Å². The lowest BCUT2D eigenvalue weighted by atomic mass is 9.85. The minimum absolute atomic E-state index is 0.0780. The lowest BCUT2D eigenvalue weighted by Gasteiger charge is -2.20. The number of hydrogen-bond donors (Lipinski definition) is 0. The zero-order valence-corrected chi connectivity index (χ0v) is 12.9. The number of aromatic nitrogens is 1. The summed E-state index contributed by atoms with van der Waals surface area (Å²) in [6.07, 6.45) is 0. The standard InChI is InChI=1S/C22H19N/c1-22(2,3)18-12-7-11-17-16-10-6-9-15-14-8-4-5-13-19(14)23(20(15)16)21(17)18/h4-13H,1-3H3/i4D,5D,6D,7D,8D,9D,10D,11D,12D,13D. The van der Waals surface area contributed by atoms with Crippen molar-refractivity contribution in [2.45, 2.75) is 26.2 Å². The Morgan fingerprint density at radius 1 is 0.696 bits per heavy atom. The maximum Gasteiger partial charge on any atom is 0.0645 e. The predicted octanol–water partition coefficient (Wildman–Crippen LogP) is 6.13. The van der Waals surface area contributed by atoms with E-state index in [0.717, 1.165) is 0 Å². The largest absolute Gasteiger partial charge is 0.308 e. The van der Waals surface area contributed by atoms with Crippen molar-refractivity contribution in [1.82, 2.24) is 4.40 Å². The minimum atomic E-state index is -0.684. The van der Waals surface area contributed by atoms with Gasteiger partial charge in [-0.05, 0) is 17.0 Å². The van der Waals surface area contributed by atoms with Gasteiger partial charge in [-0.1, -0.05) is 75.2 Å². The van der Waals surface area contributed by atoms with E-state index in [0.29, 0.717) is 11.1 Å². The van der Waals surface area contributed by atoms with Crippen LogP contribution in [0.1, 0.15) is 40.0 Å². The summed E-state index contributed by atoms with van der Waals surface area (Å²) in [6, 6.07) is -3.44. The third-order valence-corrected chi connectivity index (χ3v) is 4.29. The summed E-state index contributed by atoms with van der Waals surface area (Å²) >= 11 is 0. The van der Waals surface area contributed by atoms with Crippen LogP contribution in [0, 0.1) is 0 Å². The summed E-state index contributed by atoms with van der Waals surface area (Å²) in [6.45, 7) is 5.54. The SMILES string of the molecule is [2H]c1c([2H])c([2H])c2c(c1[2H])c1c([2H])c([2H])c([2H])c3c4c([2H])c([2H])c([2H])c(C(C)(C)C)c4n2c13. The highest BCUT2D eigenvalue weighted by atomic mass is 14.9. The van der Waals surface area contributed by atoms with Crippen LogP contribution in [0.25, 0.3) is 38.1 Å². The van der Waals surface area contributed by atoms with Crippen LogP contribution in [-0.2, 0) is 5.41 Å². The molecule has 112 valence electrons. The maximum absolute atomic E-state index is 8.64. The summed E-state index contributed by atoms with van der Waals surface area (Å²) in [7, 11) is 0. The molecular formula is C22H19N. The van der Waals surface area contributed by atoms with Gasteiger partial charge in [0.1, 0.15) is 0 Å². The first-order valence-corrected chi connectivity index (χ1v) is 7.42. The van der Waals surface area contributed by atoms with Gasteiger partial charge in [0.15, 0.2) is 0 Å². The monoisotopic (exact) mass is 307 g/mol. The highest BCUT2D eigenvalue weighted by molar-refractivity contribution is 6.23. The fourth-order valence-corrected chi connectivity index (χ4v) is 3.32. The first kappa shape index (κ1) is 6.52. The molecule has 5 rings (SSSR count). The number of hydrogen-bond acceptors (Lipinski definition) is 0. The van der Waals surface area contributed by atoms with Crippen LogP contribution < -0.4 is 0 Å². The molecule has 0 amide bonds. The van der Waals surface area contributed by atoms with E-state index in [1.165, 1.54) is 4.40 Å². The van der Waals surface area contributed by atoms with Gasteiger partial charge in [0.2, 0.25) is 0 Å². The fourth-order valence-electron chi connectivity index (χ4n) is 3.32. The Morgan fingerprint density at radius 3 is 2.00 bits per heavy atom. The van der Waals surface area contributed by atoms with Crippen LogP contribution in [0.3, 0.4) is 0 Å². The Morgan fingerprint density at radius 2 is 1.26 bits per heavy atom. The highest BCUT2D eigenvalue weighted by Crippen LogP contribution is 2.41. The molecule has 0 unspecified atom stereocenters. The second kappa shape index (κ2) is 4.05. The molecule has 0 aliphatic rings. The van der Waals surface area contributed by atoms with Gasteiger partial charge >= 0.3 is 0 Å². The molecule has 2 heterocycles. The van der Waals surface area contributed by atoms with Crippen LogP contribution >= 0.6 is 0 Å². The average molecular weight is 307 g/mol. The van der Waals surface area contributed by atoms with Crippen molar-refractivity contribution in [2.24, 2.45) is 0 Å². The average Bonchev–Trinajstić information content (AvgIpc) is 3.25. The highest BCUT2D eigenvalue weighted by Gasteiger charge is 2.23. The molecule has 0 radical (unpaired) electrons. The van der Waals surface area contributed by atoms with Crippen molar-refractivity contribution in [3.05, 3.63) is 66.0 Å². The van der Waals surface area contributed by atoms with E-state index in [2.05, 4.69) is 0 Å². The van der Waals surface area contributed by atoms with E-state index >= 15 is 0 Å². The lowest BCUT2D eigenvalue weighted by molar-refractivity contribution is 0.594. The lowest BCUT2D eigenvalue weighted by Crippen LogP contribution is -2.12. The fraction of sp³-hybridized carbons (Fsp3) is 0.182. The van der Waals surface area contributed by atoms with Gasteiger partial charge in [-0.25, -0.2) is 0 Å². The molecule has 0 saturated heterocycles. The van der Waals surface area contributed by atoms with Gasteiger partial charge in [0, 0.05) is 21.5 Å². The molecule has 0 N–H and O–H groups in total. The van der Waals surface area contributed by atoms with Gasteiger partial charge in [0.05, 0.1) is 30.3 Å². The molecule has 2 aromatic heterocycles. The Hall–Kier alpha value is -2.54. The molecule has 0 aliphatic heterocycles. The van der Waals surface area contributed by atoms with E-state index in [1.54, 1.807) is 0 Å². The van der Waals surface area contributed by atoms with Gasteiger partial charge in [0.25, 0.3) is 0 Å². The Kier molecular flexibility index (Phi) is 1.15. The van der Waals surface area contributed by atoms with E-state index < -0.39 is 23.5 Å². The van der Waals surface area contributed by atoms with Crippen molar-refractivity contribution < 1.29 is 13.7 Å². The van der Waals surface area contributed by atoms with E-state index in [-0.39, 0.29) is 74.9 Å². The Bertz CT molecular complexity index is 1690. The van der Waals surface area contributed by atoms with Crippen LogP contribution in [-0.4, -0.2) is 4.40 Å². The third kappa shape index (κ3) is 1.52. The molecular weight excluding hydrogens is 278 g/mol. The summed E-state index contributed by atoms with van der Waals surface area (Å²) < 4.78 is 86.3. The summed E-state index contributed by atoms with van der Waals surface area (Å²) in [5.74, 6) is 0. The molecule has 3 aromatic carbocycles. The van der Waals surface area contributed by atoms with Crippen LogP contribution in [0.5, 0.6) is 0 Å². The smallest absolute Gasteiger partial charge is 0.0645 e. The molecule has 0 saturated carbocycles. The molecule has 0 fully saturated rings. The first-order chi connectivity index (χ1) is 15.2. The van der Waals surface area contributed by atoms with Crippen molar-refractivity contribution in [3.63, 3.8) is 0 Å². The number of benzene rings is 3. The van der Waals surface area contributed by atoms with Crippen LogP contribution in [0.15, 0.2) is 60.4 Å². The first-order valence-electron chi connectivity index (χ1n) is 12.4. The third-order valence-electron chi connectivity index (χ3n) is 4.29. The zero-order valence-electron chi connectivity index (χ0n) is 22.9. The second-order valence-electron chi connectivity index (χ2n) is 6.76. The molecule has 0 atom stereocenters. The quantitative estimate of drug-likeness (QED) is 0.324. The van der Waals surface area contributed by atoms with Crippen molar-refractivity contribution >= 4 is 38.1 Å². The number of nitrogens with zero attached hydrogens (tertiary/aromatic N) is 1. The second-order valence-corrected chi connectivity index (χ2v) is 6.76. The molecule has 23 heavy (non-hydrogen) atoms. The van der Waals surface area contributed by atoms with E-state index in [9.17, 15) is 0 Å². The Balaban J connectivity index is 2.38. The van der Waals surface area contributed by atoms with Crippen LogP contribution in [0.2, 0.25) is 0 Å². The molecule has 1 heteroatoms. The Labute approximate surface area is 149 Å². The summed E-state index contributed by atoms with van der Waals surface area (Å²) in [5.41, 5.74) is 0.361. The van der Waals surface area contributed by atoms with Gasteiger partial charge < -0.3 is 4.40 Å². The number of para-hydroxylation sites is 3. The van der Waals surface area contributed by atoms with Gasteiger partial charge in [-0.2, -0.15) is 0 Å². The van der Waals surface area contributed by atoms with Gasteiger partial charge in [-0.15, -0.1) is 0 Å². The molecule has 0 bridgehead atoms. The summed E-state index contributed by atoms with van der Waals surface area (Å²) in [5, 5.41) is 0.530. The van der Waals surface area contributed by atoms with Crippen molar-refractivity contribution in [2.75, 3.05) is 0 Å². The molecule has 0 aliphatic carbocycles. The van der Waals surface area contributed by atoms with Crippen molar-refractivity contribution in [3.8, 4) is 0 Å². The molecule has 5 aromatic rings. The molecule has 1 nitrogen and oxygen atoms in total. The summed E-state index contributed by atoms with van der Waals surface area (Å²) in [4.78, 5) is 0. The van der Waals surface area contributed by atoms with Crippen molar-refractivity contribution in [1.29, 1.82) is 0 Å². The predicted molar refractivity (Wildman–Crippen MR) is 99.8 cm³/mol.